The molecule has 2 heterocycles. The van der Waals surface area contributed by atoms with Crippen LogP contribution in [0.3, 0.4) is 0 Å². The Morgan fingerprint density at radius 1 is 1.00 bits per heavy atom. The van der Waals surface area contributed by atoms with Crippen molar-refractivity contribution in [1.82, 2.24) is 9.80 Å². The highest BCUT2D eigenvalue weighted by atomic mass is 16.4. The number of carboxylic acid groups (broad SMARTS) is 1. The van der Waals surface area contributed by atoms with Crippen LogP contribution in [0.25, 0.3) is 0 Å². The number of hydrogen-bond donors (Lipinski definition) is 1. The van der Waals surface area contributed by atoms with Gasteiger partial charge in [0.05, 0.1) is 11.6 Å². The molecule has 2 aliphatic heterocycles. The van der Waals surface area contributed by atoms with Crippen LogP contribution in [0.2, 0.25) is 0 Å². The number of carbonyl (C=O) groups is 2. The van der Waals surface area contributed by atoms with Gasteiger partial charge in [-0.05, 0) is 98.1 Å². The van der Waals surface area contributed by atoms with Crippen molar-refractivity contribution in [2.45, 2.75) is 112 Å². The van der Waals surface area contributed by atoms with Crippen LogP contribution in [0.5, 0.6) is 0 Å². The fourth-order valence-electron chi connectivity index (χ4n) is 7.09. The second-order valence-corrected chi connectivity index (χ2v) is 14.2. The highest BCUT2D eigenvalue weighted by molar-refractivity contribution is 6.39. The van der Waals surface area contributed by atoms with Gasteiger partial charge in [0.15, 0.2) is 5.84 Å². The molecule has 0 radical (unpaired) electrons. The highest BCUT2D eigenvalue weighted by Gasteiger charge is 2.53. The van der Waals surface area contributed by atoms with E-state index < -0.39 is 11.6 Å². The Morgan fingerprint density at radius 2 is 1.59 bits per heavy atom. The van der Waals surface area contributed by atoms with Crippen molar-refractivity contribution >= 4 is 17.7 Å². The average Bonchev–Trinajstić information content (AvgIpc) is 3.15. The summed E-state index contributed by atoms with van der Waals surface area (Å²) in [7, 11) is 0. The third-order valence-electron chi connectivity index (χ3n) is 9.84. The van der Waals surface area contributed by atoms with E-state index in [0.717, 1.165) is 70.0 Å². The second kappa shape index (κ2) is 11.6. The van der Waals surface area contributed by atoms with Crippen molar-refractivity contribution in [2.75, 3.05) is 13.1 Å². The van der Waals surface area contributed by atoms with Gasteiger partial charge in [-0.2, -0.15) is 0 Å². The lowest BCUT2D eigenvalue weighted by molar-refractivity contribution is -0.134. The summed E-state index contributed by atoms with van der Waals surface area (Å²) in [4.78, 5) is 35.8. The summed E-state index contributed by atoms with van der Waals surface area (Å²) < 4.78 is 0. The van der Waals surface area contributed by atoms with E-state index in [0.29, 0.717) is 29.5 Å². The number of carboxylic acids is 1. The molecule has 6 nitrogen and oxygen atoms in total. The minimum absolute atomic E-state index is 0.0725. The smallest absolute Gasteiger partial charge is 0.335 e. The highest BCUT2D eigenvalue weighted by Crippen LogP contribution is 2.50. The Morgan fingerprint density at radius 3 is 2.08 bits per heavy atom. The first-order valence-corrected chi connectivity index (χ1v) is 15.3. The zero-order valence-corrected chi connectivity index (χ0v) is 25.4. The molecule has 1 saturated carbocycles. The molecule has 2 fully saturated rings. The molecule has 1 aromatic carbocycles. The molecule has 1 N–H and O–H groups in total. The number of amides is 1. The molecule has 39 heavy (non-hydrogen) atoms. The van der Waals surface area contributed by atoms with Gasteiger partial charge >= 0.3 is 5.97 Å². The SMILES string of the molecule is CC(C)CC[C@H](c1ccc(C(=O)O)cc1)N1C(=O)C(N2CCC(C(C)C)CC2)=NC12CCC(C(C)(C)C)CC2. The summed E-state index contributed by atoms with van der Waals surface area (Å²) in [6, 6.07) is 7.08. The molecule has 0 bridgehead atoms. The molecule has 0 unspecified atom stereocenters. The Kier molecular flexibility index (Phi) is 8.82. The van der Waals surface area contributed by atoms with Crippen LogP contribution in [0.15, 0.2) is 29.3 Å². The first-order chi connectivity index (χ1) is 18.3. The summed E-state index contributed by atoms with van der Waals surface area (Å²) in [6.07, 6.45) is 7.95. The van der Waals surface area contributed by atoms with Crippen LogP contribution in [0, 0.1) is 29.1 Å². The number of benzene rings is 1. The van der Waals surface area contributed by atoms with Crippen LogP contribution in [-0.4, -0.2) is 51.4 Å². The Labute approximate surface area is 236 Å². The van der Waals surface area contributed by atoms with Crippen LogP contribution < -0.4 is 0 Å². The van der Waals surface area contributed by atoms with Gasteiger partial charge in [-0.1, -0.05) is 60.6 Å². The molecule has 6 heteroatoms. The molecule has 216 valence electrons. The van der Waals surface area contributed by atoms with Gasteiger partial charge in [0.25, 0.3) is 5.91 Å². The van der Waals surface area contributed by atoms with Crippen molar-refractivity contribution in [3.05, 3.63) is 35.4 Å². The van der Waals surface area contributed by atoms with Gasteiger partial charge in [0.2, 0.25) is 0 Å². The summed E-state index contributed by atoms with van der Waals surface area (Å²) in [6.45, 7) is 17.8. The Bertz CT molecular complexity index is 1040. The van der Waals surface area contributed by atoms with Crippen molar-refractivity contribution in [3.8, 4) is 0 Å². The van der Waals surface area contributed by atoms with Gasteiger partial charge in [0, 0.05) is 13.1 Å². The average molecular weight is 538 g/mol. The van der Waals surface area contributed by atoms with Crippen molar-refractivity contribution in [3.63, 3.8) is 0 Å². The first-order valence-electron chi connectivity index (χ1n) is 15.3. The summed E-state index contributed by atoms with van der Waals surface area (Å²) in [5.41, 5.74) is 1.01. The van der Waals surface area contributed by atoms with E-state index in [1.807, 2.05) is 12.1 Å². The van der Waals surface area contributed by atoms with E-state index in [1.165, 1.54) is 0 Å². The molecule has 1 aliphatic carbocycles. The zero-order chi connectivity index (χ0) is 28.5. The lowest BCUT2D eigenvalue weighted by Gasteiger charge is -2.47. The van der Waals surface area contributed by atoms with Crippen LogP contribution in [0.4, 0.5) is 0 Å². The fourth-order valence-corrected chi connectivity index (χ4v) is 7.09. The molecule has 3 aliphatic rings. The lowest BCUT2D eigenvalue weighted by Crippen LogP contribution is -2.52. The molecule has 0 aromatic heterocycles. The molecular formula is C33H51N3O3. The number of aliphatic imine (C=N–C) groups is 1. The molecular weight excluding hydrogens is 486 g/mol. The van der Waals surface area contributed by atoms with Gasteiger partial charge in [-0.3, -0.25) is 4.79 Å². The third-order valence-corrected chi connectivity index (χ3v) is 9.84. The van der Waals surface area contributed by atoms with Crippen molar-refractivity contribution in [2.24, 2.45) is 34.1 Å². The van der Waals surface area contributed by atoms with Gasteiger partial charge in [0.1, 0.15) is 5.66 Å². The van der Waals surface area contributed by atoms with Crippen LogP contribution >= 0.6 is 0 Å². The number of piperidine rings is 1. The van der Waals surface area contributed by atoms with Gasteiger partial charge in [-0.15, -0.1) is 0 Å². The molecule has 1 aromatic rings. The van der Waals surface area contributed by atoms with Crippen LogP contribution in [0.1, 0.15) is 122 Å². The largest absolute Gasteiger partial charge is 0.478 e. The maximum atomic E-state index is 14.5. The molecule has 1 amide bonds. The molecule has 1 atom stereocenters. The molecule has 1 spiro atoms. The van der Waals surface area contributed by atoms with Crippen molar-refractivity contribution < 1.29 is 14.7 Å². The van der Waals surface area contributed by atoms with Crippen molar-refractivity contribution in [1.29, 1.82) is 0 Å². The summed E-state index contributed by atoms with van der Waals surface area (Å²) in [5.74, 6) is 2.31. The van der Waals surface area contributed by atoms with E-state index in [1.54, 1.807) is 12.1 Å². The van der Waals surface area contributed by atoms with E-state index >= 15 is 0 Å². The quantitative estimate of drug-likeness (QED) is 0.393. The van der Waals surface area contributed by atoms with Gasteiger partial charge < -0.3 is 14.9 Å². The number of aromatic carboxylic acids is 1. The van der Waals surface area contributed by atoms with Gasteiger partial charge in [-0.25, -0.2) is 9.79 Å². The first kappa shape index (κ1) is 29.6. The fraction of sp³-hybridized carbons (Fsp3) is 0.727. The zero-order valence-electron chi connectivity index (χ0n) is 25.4. The number of likely N-dealkylation sites (tertiary alicyclic amines) is 1. The number of hydrogen-bond acceptors (Lipinski definition) is 4. The minimum Gasteiger partial charge on any atom is -0.478 e. The summed E-state index contributed by atoms with van der Waals surface area (Å²) >= 11 is 0. The summed E-state index contributed by atoms with van der Waals surface area (Å²) in [5, 5.41) is 9.48. The monoisotopic (exact) mass is 537 g/mol. The number of rotatable bonds is 7. The topological polar surface area (TPSA) is 73.2 Å². The lowest BCUT2D eigenvalue weighted by atomic mass is 9.69. The van der Waals surface area contributed by atoms with E-state index in [-0.39, 0.29) is 22.9 Å². The number of amidine groups is 1. The van der Waals surface area contributed by atoms with E-state index in [9.17, 15) is 14.7 Å². The van der Waals surface area contributed by atoms with E-state index in [4.69, 9.17) is 4.99 Å². The predicted octanol–water partition coefficient (Wildman–Crippen LogP) is 7.40. The third kappa shape index (κ3) is 6.36. The second-order valence-electron chi connectivity index (χ2n) is 14.2. The predicted molar refractivity (Wildman–Crippen MR) is 158 cm³/mol. The number of nitrogens with zero attached hydrogens (tertiary/aromatic N) is 3. The molecule has 1 saturated heterocycles. The Hall–Kier alpha value is -2.37. The number of carbonyl (C=O) groups excluding carboxylic acids is 1. The normalized spacial score (nSPS) is 25.6. The Balaban J connectivity index is 1.70. The standard InChI is InChI=1S/C33H51N3O3/c1-22(2)8-13-28(25-9-11-26(12-10-25)31(38)39)36-30(37)29(35-20-16-24(17-21-35)23(3)4)34-33(36)18-14-27(15-19-33)32(5,6)7/h9-12,22-24,27-28H,8,13-21H2,1-7H3,(H,38,39)/t27?,28-,33?/m1/s1. The molecule has 4 rings (SSSR count). The maximum Gasteiger partial charge on any atom is 0.335 e. The van der Waals surface area contributed by atoms with E-state index in [2.05, 4.69) is 58.3 Å². The minimum atomic E-state index is -0.926. The van der Waals surface area contributed by atoms with Crippen LogP contribution in [-0.2, 0) is 4.79 Å². The maximum absolute atomic E-state index is 14.5.